The molecule has 2 aromatic carbocycles. The van der Waals surface area contributed by atoms with Crippen LogP contribution >= 0.6 is 0 Å². The van der Waals surface area contributed by atoms with Crippen LogP contribution < -0.4 is 20.7 Å². The van der Waals surface area contributed by atoms with Crippen LogP contribution in [0.1, 0.15) is 47.9 Å². The lowest BCUT2D eigenvalue weighted by atomic mass is 9.89. The molecule has 0 aromatic heterocycles. The first kappa shape index (κ1) is 32.0. The second-order valence-corrected chi connectivity index (χ2v) is 12.5. The van der Waals surface area contributed by atoms with E-state index in [1.807, 2.05) is 13.8 Å². The highest BCUT2D eigenvalue weighted by molar-refractivity contribution is 7.92. The quantitative estimate of drug-likeness (QED) is 0.404. The third-order valence-electron chi connectivity index (χ3n) is 7.59. The van der Waals surface area contributed by atoms with Crippen LogP contribution in [0.3, 0.4) is 0 Å². The number of amidine groups is 1. The number of urea groups is 1. The standard InChI is InChI=1S/C29H34F3N5O5S/c1-19-17-22(36(3)27(33)39)18-20(2)24(19)9-16-43(40,41)37-13-11-28(12-14-37)26(38)34-25(35-28)21-5-7-23(8-6-21)42-15-4-10-29(30,31)32/h5-9,16-18H,4,10-15H2,1-3H3,(H2,33,39)(H,34,35,38)/b16-9+. The van der Waals surface area contributed by atoms with Gasteiger partial charge in [0, 0.05) is 43.2 Å². The number of alkyl halides is 3. The van der Waals surface area contributed by atoms with E-state index in [0.29, 0.717) is 28.4 Å². The summed E-state index contributed by atoms with van der Waals surface area (Å²) in [5.41, 5.74) is 7.72. The van der Waals surface area contributed by atoms with Gasteiger partial charge in [0.15, 0.2) is 0 Å². The van der Waals surface area contributed by atoms with Gasteiger partial charge >= 0.3 is 12.2 Å². The molecule has 14 heteroatoms. The van der Waals surface area contributed by atoms with Gasteiger partial charge < -0.3 is 15.8 Å². The van der Waals surface area contributed by atoms with Crippen LogP contribution in [0.2, 0.25) is 0 Å². The molecule has 4 rings (SSSR count). The SMILES string of the molecule is Cc1cc(N(C)C(N)=O)cc(C)c1/C=C/S(=O)(=O)N1CCC2(CC1)N=C(c1ccc(OCCCC(F)(F)F)cc1)NC2=O. The van der Waals surface area contributed by atoms with Gasteiger partial charge in [0.05, 0.1) is 6.61 Å². The maximum atomic E-state index is 13.2. The minimum absolute atomic E-state index is 0.0751. The van der Waals surface area contributed by atoms with Crippen LogP contribution in [0.4, 0.5) is 23.7 Å². The molecule has 0 saturated carbocycles. The number of aryl methyl sites for hydroxylation is 2. The van der Waals surface area contributed by atoms with Crippen molar-refractivity contribution in [1.29, 1.82) is 0 Å². The molecule has 2 aliphatic rings. The van der Waals surface area contributed by atoms with Crippen molar-refractivity contribution < 1.29 is 35.9 Å². The van der Waals surface area contributed by atoms with E-state index in [1.54, 1.807) is 43.4 Å². The zero-order valence-corrected chi connectivity index (χ0v) is 24.9. The number of primary amides is 1. The van der Waals surface area contributed by atoms with Crippen molar-refractivity contribution in [2.75, 3.05) is 31.6 Å². The average molecular weight is 622 g/mol. The number of anilines is 1. The molecule has 1 spiro atoms. The minimum Gasteiger partial charge on any atom is -0.494 e. The fourth-order valence-electron chi connectivity index (χ4n) is 5.05. The second kappa shape index (κ2) is 12.4. The summed E-state index contributed by atoms with van der Waals surface area (Å²) in [5.74, 6) is 0.437. The normalized spacial score (nSPS) is 17.3. The summed E-state index contributed by atoms with van der Waals surface area (Å²) in [6, 6.07) is 9.40. The van der Waals surface area contributed by atoms with Gasteiger partial charge in [-0.05, 0) is 92.3 Å². The second-order valence-electron chi connectivity index (χ2n) is 10.7. The largest absolute Gasteiger partial charge is 0.494 e. The van der Waals surface area contributed by atoms with E-state index in [-0.39, 0.29) is 44.9 Å². The molecule has 3 N–H and O–H groups in total. The number of nitrogens with two attached hydrogens (primary N) is 1. The molecule has 0 unspecified atom stereocenters. The molecular weight excluding hydrogens is 587 g/mol. The monoisotopic (exact) mass is 621 g/mol. The minimum atomic E-state index is -4.23. The van der Waals surface area contributed by atoms with Gasteiger partial charge in [-0.25, -0.2) is 13.2 Å². The van der Waals surface area contributed by atoms with E-state index >= 15 is 0 Å². The molecule has 3 amide bonds. The van der Waals surface area contributed by atoms with Crippen LogP contribution in [-0.2, 0) is 14.8 Å². The lowest BCUT2D eigenvalue weighted by molar-refractivity contribution is -0.136. The van der Waals surface area contributed by atoms with Gasteiger partial charge in [0.1, 0.15) is 17.1 Å². The molecule has 0 bridgehead atoms. The van der Waals surface area contributed by atoms with E-state index in [9.17, 15) is 31.2 Å². The molecule has 0 radical (unpaired) electrons. The summed E-state index contributed by atoms with van der Waals surface area (Å²) in [7, 11) is -2.24. The Morgan fingerprint density at radius 2 is 1.77 bits per heavy atom. The van der Waals surface area contributed by atoms with Crippen molar-refractivity contribution in [1.82, 2.24) is 9.62 Å². The van der Waals surface area contributed by atoms with Crippen LogP contribution in [0.25, 0.3) is 6.08 Å². The molecular formula is C29H34F3N5O5S. The number of amides is 3. The first-order valence-electron chi connectivity index (χ1n) is 13.6. The van der Waals surface area contributed by atoms with Gasteiger partial charge in [-0.1, -0.05) is 0 Å². The highest BCUT2D eigenvalue weighted by Crippen LogP contribution is 2.33. The highest BCUT2D eigenvalue weighted by Gasteiger charge is 2.47. The molecule has 0 atom stereocenters. The zero-order valence-electron chi connectivity index (χ0n) is 24.1. The van der Waals surface area contributed by atoms with Crippen LogP contribution in [-0.4, -0.2) is 69.0 Å². The Hall–Kier alpha value is -3.91. The Balaban J connectivity index is 1.39. The van der Waals surface area contributed by atoms with Crippen LogP contribution in [0.15, 0.2) is 46.8 Å². The first-order chi connectivity index (χ1) is 20.1. The smallest absolute Gasteiger partial charge is 0.389 e. The summed E-state index contributed by atoms with van der Waals surface area (Å²) in [4.78, 5) is 30.4. The molecule has 10 nitrogen and oxygen atoms in total. The number of sulfonamides is 1. The Morgan fingerprint density at radius 3 is 2.33 bits per heavy atom. The van der Waals surface area contributed by atoms with Crippen molar-refractivity contribution in [2.24, 2.45) is 10.7 Å². The number of nitrogens with one attached hydrogen (secondary N) is 1. The van der Waals surface area contributed by atoms with Gasteiger partial charge in [0.25, 0.3) is 5.91 Å². The number of piperidine rings is 1. The Bertz CT molecular complexity index is 1520. The topological polar surface area (TPSA) is 134 Å². The van der Waals surface area contributed by atoms with Gasteiger partial charge in [-0.3, -0.25) is 14.7 Å². The highest BCUT2D eigenvalue weighted by atomic mass is 32.2. The van der Waals surface area contributed by atoms with E-state index < -0.39 is 34.2 Å². The van der Waals surface area contributed by atoms with Crippen molar-refractivity contribution in [3.63, 3.8) is 0 Å². The summed E-state index contributed by atoms with van der Waals surface area (Å²) in [6.45, 7) is 3.75. The Morgan fingerprint density at radius 1 is 1.16 bits per heavy atom. The molecule has 0 aliphatic carbocycles. The molecule has 43 heavy (non-hydrogen) atoms. The first-order valence-corrected chi connectivity index (χ1v) is 15.1. The maximum absolute atomic E-state index is 13.2. The van der Waals surface area contributed by atoms with E-state index in [2.05, 4.69) is 10.3 Å². The molecule has 2 aliphatic heterocycles. The number of hydrogen-bond acceptors (Lipinski definition) is 6. The molecule has 2 heterocycles. The van der Waals surface area contributed by atoms with Crippen molar-refractivity contribution >= 4 is 39.6 Å². The molecule has 1 saturated heterocycles. The van der Waals surface area contributed by atoms with Gasteiger partial charge in [-0.2, -0.15) is 17.5 Å². The van der Waals surface area contributed by atoms with E-state index in [1.165, 1.54) is 15.3 Å². The van der Waals surface area contributed by atoms with Crippen LogP contribution in [0.5, 0.6) is 5.75 Å². The number of benzene rings is 2. The number of halogens is 3. The number of aliphatic imine (C=N–C) groups is 1. The summed E-state index contributed by atoms with van der Waals surface area (Å²) < 4.78 is 69.9. The zero-order chi connectivity index (χ0) is 31.6. The maximum Gasteiger partial charge on any atom is 0.389 e. The Kier molecular flexibility index (Phi) is 9.21. The molecule has 2 aromatic rings. The predicted molar refractivity (Wildman–Crippen MR) is 157 cm³/mol. The lowest BCUT2D eigenvalue weighted by Crippen LogP contribution is -2.50. The number of hydrogen-bond donors (Lipinski definition) is 2. The average Bonchev–Trinajstić information content (AvgIpc) is 3.25. The van der Waals surface area contributed by atoms with Gasteiger partial charge in [0.2, 0.25) is 10.0 Å². The summed E-state index contributed by atoms with van der Waals surface area (Å²) in [6.07, 6.45) is -3.38. The van der Waals surface area contributed by atoms with Crippen molar-refractivity contribution in [3.8, 4) is 5.75 Å². The lowest BCUT2D eigenvalue weighted by Gasteiger charge is -2.34. The fraction of sp³-hybridized carbons (Fsp3) is 0.414. The number of rotatable bonds is 9. The third-order valence-corrected chi connectivity index (χ3v) is 9.16. The molecule has 232 valence electrons. The number of carbonyl (C=O) groups excluding carboxylic acids is 2. The van der Waals surface area contributed by atoms with Crippen molar-refractivity contribution in [3.05, 3.63) is 64.1 Å². The predicted octanol–water partition coefficient (Wildman–Crippen LogP) is 4.25. The number of ether oxygens (including phenoxy) is 1. The number of carbonyl (C=O) groups is 2. The van der Waals surface area contributed by atoms with Crippen LogP contribution in [0, 0.1) is 13.8 Å². The molecule has 1 fully saturated rings. The number of nitrogens with zero attached hydrogens (tertiary/aromatic N) is 3. The summed E-state index contributed by atoms with van der Waals surface area (Å²) in [5, 5.41) is 3.93. The fourth-order valence-corrected chi connectivity index (χ4v) is 6.22. The van der Waals surface area contributed by atoms with E-state index in [4.69, 9.17) is 10.5 Å². The van der Waals surface area contributed by atoms with E-state index in [0.717, 1.165) is 16.5 Å². The summed E-state index contributed by atoms with van der Waals surface area (Å²) >= 11 is 0. The van der Waals surface area contributed by atoms with Crippen molar-refractivity contribution in [2.45, 2.75) is 51.2 Å². The third kappa shape index (κ3) is 7.54. The Labute approximate surface area is 248 Å². The van der Waals surface area contributed by atoms with Gasteiger partial charge in [-0.15, -0.1) is 0 Å².